The van der Waals surface area contributed by atoms with E-state index in [-0.39, 0.29) is 11.8 Å². The first-order chi connectivity index (χ1) is 14.7. The molecule has 31 heavy (non-hydrogen) atoms. The third-order valence-corrected chi connectivity index (χ3v) is 5.27. The van der Waals surface area contributed by atoms with Crippen molar-refractivity contribution in [3.63, 3.8) is 0 Å². The molecule has 3 aromatic rings. The SMILES string of the molecule is CCCc1ccc(N(C)c2ncc(C(F)(F)F)c(N(C)c3ccc(CC)cc3)n2)cc1. The second kappa shape index (κ2) is 9.37. The van der Waals surface area contributed by atoms with E-state index < -0.39 is 11.7 Å². The molecular weight excluding hydrogens is 401 g/mol. The molecule has 4 nitrogen and oxygen atoms in total. The number of hydrogen-bond donors (Lipinski definition) is 0. The van der Waals surface area contributed by atoms with Crippen molar-refractivity contribution in [3.8, 4) is 0 Å². The Labute approximate surface area is 181 Å². The minimum Gasteiger partial charge on any atom is -0.329 e. The molecule has 0 radical (unpaired) electrons. The van der Waals surface area contributed by atoms with Crippen molar-refractivity contribution in [1.82, 2.24) is 9.97 Å². The van der Waals surface area contributed by atoms with Gasteiger partial charge in [-0.3, -0.25) is 0 Å². The predicted molar refractivity (Wildman–Crippen MR) is 119 cm³/mol. The minimum absolute atomic E-state index is 0.184. The summed E-state index contributed by atoms with van der Waals surface area (Å²) in [6, 6.07) is 15.3. The molecule has 164 valence electrons. The summed E-state index contributed by atoms with van der Waals surface area (Å²) < 4.78 is 41.1. The van der Waals surface area contributed by atoms with Gasteiger partial charge in [-0.25, -0.2) is 4.98 Å². The second-order valence-electron chi connectivity index (χ2n) is 7.46. The molecular formula is C24H27F3N4. The average Bonchev–Trinajstić information content (AvgIpc) is 2.78. The molecule has 7 heteroatoms. The van der Waals surface area contributed by atoms with Gasteiger partial charge in [0.25, 0.3) is 0 Å². The molecule has 0 aliphatic heterocycles. The first-order valence-electron chi connectivity index (χ1n) is 10.3. The van der Waals surface area contributed by atoms with Gasteiger partial charge in [-0.2, -0.15) is 18.2 Å². The molecule has 0 atom stereocenters. The highest BCUT2D eigenvalue weighted by molar-refractivity contribution is 5.66. The van der Waals surface area contributed by atoms with Crippen molar-refractivity contribution < 1.29 is 13.2 Å². The Morgan fingerprint density at radius 3 is 1.87 bits per heavy atom. The normalized spacial score (nSPS) is 11.5. The number of nitrogens with zero attached hydrogens (tertiary/aromatic N) is 4. The fourth-order valence-corrected chi connectivity index (χ4v) is 3.35. The average molecular weight is 429 g/mol. The molecule has 0 fully saturated rings. The van der Waals surface area contributed by atoms with E-state index in [0.29, 0.717) is 5.69 Å². The van der Waals surface area contributed by atoms with Crippen LogP contribution in [0.2, 0.25) is 0 Å². The monoisotopic (exact) mass is 428 g/mol. The number of benzene rings is 2. The fraction of sp³-hybridized carbons (Fsp3) is 0.333. The van der Waals surface area contributed by atoms with E-state index in [1.165, 1.54) is 10.5 Å². The first kappa shape index (κ1) is 22.6. The molecule has 0 N–H and O–H groups in total. The summed E-state index contributed by atoms with van der Waals surface area (Å²) >= 11 is 0. The lowest BCUT2D eigenvalue weighted by Gasteiger charge is -2.25. The van der Waals surface area contributed by atoms with E-state index in [9.17, 15) is 13.2 Å². The summed E-state index contributed by atoms with van der Waals surface area (Å²) in [6.45, 7) is 4.14. The van der Waals surface area contributed by atoms with Crippen LogP contribution in [0.5, 0.6) is 0 Å². The van der Waals surface area contributed by atoms with Gasteiger partial charge >= 0.3 is 6.18 Å². The standard InChI is InChI=1S/C24H27F3N4/c1-5-7-18-10-14-20(15-11-18)31(4)23-28-16-21(24(25,26)27)22(29-23)30(3)19-12-8-17(6-2)9-13-19/h8-16H,5-7H2,1-4H3. The van der Waals surface area contributed by atoms with Crippen LogP contribution in [-0.2, 0) is 19.0 Å². The highest BCUT2D eigenvalue weighted by Crippen LogP contribution is 2.38. The number of halogens is 3. The number of rotatable bonds is 7. The van der Waals surface area contributed by atoms with Gasteiger partial charge in [-0.05, 0) is 48.2 Å². The van der Waals surface area contributed by atoms with E-state index in [2.05, 4.69) is 16.9 Å². The predicted octanol–water partition coefficient (Wildman–Crippen LogP) is 6.55. The van der Waals surface area contributed by atoms with E-state index in [0.717, 1.165) is 36.7 Å². The summed E-state index contributed by atoms with van der Waals surface area (Å²) in [5, 5.41) is 0. The molecule has 0 spiro atoms. The molecule has 0 unspecified atom stereocenters. The van der Waals surface area contributed by atoms with E-state index in [1.54, 1.807) is 31.1 Å². The van der Waals surface area contributed by atoms with Crippen LogP contribution in [0.4, 0.5) is 36.3 Å². The van der Waals surface area contributed by atoms with Crippen LogP contribution >= 0.6 is 0 Å². The van der Waals surface area contributed by atoms with Gasteiger partial charge in [0, 0.05) is 31.7 Å². The lowest BCUT2D eigenvalue weighted by atomic mass is 10.1. The van der Waals surface area contributed by atoms with Crippen LogP contribution in [0.1, 0.15) is 37.0 Å². The van der Waals surface area contributed by atoms with Crippen molar-refractivity contribution in [1.29, 1.82) is 0 Å². The molecule has 0 saturated heterocycles. The Bertz CT molecular complexity index is 999. The highest BCUT2D eigenvalue weighted by atomic mass is 19.4. The van der Waals surface area contributed by atoms with Crippen LogP contribution in [0, 0.1) is 0 Å². The van der Waals surface area contributed by atoms with Crippen LogP contribution in [-0.4, -0.2) is 24.1 Å². The van der Waals surface area contributed by atoms with Crippen molar-refractivity contribution >= 4 is 23.1 Å². The lowest BCUT2D eigenvalue weighted by Crippen LogP contribution is -2.21. The van der Waals surface area contributed by atoms with Gasteiger partial charge < -0.3 is 9.80 Å². The zero-order chi connectivity index (χ0) is 22.6. The number of anilines is 4. The smallest absolute Gasteiger partial charge is 0.329 e. The lowest BCUT2D eigenvalue weighted by molar-refractivity contribution is -0.137. The van der Waals surface area contributed by atoms with Crippen LogP contribution < -0.4 is 9.80 Å². The Morgan fingerprint density at radius 2 is 1.35 bits per heavy atom. The maximum absolute atomic E-state index is 13.7. The number of alkyl halides is 3. The van der Waals surface area contributed by atoms with Crippen molar-refractivity contribution in [2.45, 2.75) is 39.3 Å². The molecule has 0 bridgehead atoms. The van der Waals surface area contributed by atoms with Crippen LogP contribution in [0.25, 0.3) is 0 Å². The summed E-state index contributed by atoms with van der Waals surface area (Å²) in [5.74, 6) is 0.0134. The minimum atomic E-state index is -4.56. The number of aryl methyl sites for hydroxylation is 2. The molecule has 0 amide bonds. The number of hydrogen-bond acceptors (Lipinski definition) is 4. The second-order valence-corrected chi connectivity index (χ2v) is 7.46. The van der Waals surface area contributed by atoms with Gasteiger partial charge in [-0.15, -0.1) is 0 Å². The van der Waals surface area contributed by atoms with E-state index in [4.69, 9.17) is 0 Å². The van der Waals surface area contributed by atoms with Gasteiger partial charge in [0.1, 0.15) is 5.56 Å². The van der Waals surface area contributed by atoms with E-state index in [1.807, 2.05) is 43.3 Å². The maximum Gasteiger partial charge on any atom is 0.421 e. The molecule has 1 heterocycles. The first-order valence-corrected chi connectivity index (χ1v) is 10.3. The number of aromatic nitrogens is 2. The molecule has 2 aromatic carbocycles. The summed E-state index contributed by atoms with van der Waals surface area (Å²) in [7, 11) is 3.33. The Hall–Kier alpha value is -3.09. The quantitative estimate of drug-likeness (QED) is 0.427. The van der Waals surface area contributed by atoms with Crippen molar-refractivity contribution in [3.05, 3.63) is 71.4 Å². The Kier molecular flexibility index (Phi) is 6.83. The van der Waals surface area contributed by atoms with E-state index >= 15 is 0 Å². The van der Waals surface area contributed by atoms with Crippen LogP contribution in [0.3, 0.4) is 0 Å². The topological polar surface area (TPSA) is 32.3 Å². The molecule has 3 rings (SSSR count). The van der Waals surface area contributed by atoms with Gasteiger partial charge in [-0.1, -0.05) is 44.5 Å². The maximum atomic E-state index is 13.7. The third-order valence-electron chi connectivity index (χ3n) is 5.27. The third kappa shape index (κ3) is 5.16. The summed E-state index contributed by atoms with van der Waals surface area (Å²) in [5.41, 5.74) is 2.89. The Balaban J connectivity index is 1.99. The molecule has 1 aromatic heterocycles. The molecule has 0 aliphatic rings. The molecule has 0 saturated carbocycles. The van der Waals surface area contributed by atoms with Gasteiger partial charge in [0.05, 0.1) is 0 Å². The molecule has 0 aliphatic carbocycles. The largest absolute Gasteiger partial charge is 0.421 e. The van der Waals surface area contributed by atoms with Crippen molar-refractivity contribution in [2.75, 3.05) is 23.9 Å². The van der Waals surface area contributed by atoms with Gasteiger partial charge in [0.15, 0.2) is 5.82 Å². The fourth-order valence-electron chi connectivity index (χ4n) is 3.35. The van der Waals surface area contributed by atoms with Crippen molar-refractivity contribution in [2.24, 2.45) is 0 Å². The van der Waals surface area contributed by atoms with Gasteiger partial charge in [0.2, 0.25) is 5.95 Å². The zero-order valence-corrected chi connectivity index (χ0v) is 18.2. The zero-order valence-electron chi connectivity index (χ0n) is 18.2. The van der Waals surface area contributed by atoms with Crippen LogP contribution in [0.15, 0.2) is 54.7 Å². The summed E-state index contributed by atoms with van der Waals surface area (Å²) in [6.07, 6.45) is -0.821. The highest BCUT2D eigenvalue weighted by Gasteiger charge is 2.37. The summed E-state index contributed by atoms with van der Waals surface area (Å²) in [4.78, 5) is 11.5. The Morgan fingerprint density at radius 1 is 0.806 bits per heavy atom.